The Morgan fingerprint density at radius 3 is 2.05 bits per heavy atom. The molecule has 2 aromatic rings. The fourth-order valence-corrected chi connectivity index (χ4v) is 3.00. The van der Waals surface area contributed by atoms with Crippen LogP contribution in [0.1, 0.15) is 17.0 Å². The molecule has 0 heterocycles. The first-order valence-electron chi connectivity index (χ1n) is 6.56. The molecule has 0 radical (unpaired) electrons. The molecular weight excluding hydrogens is 306 g/mol. The number of rotatable bonds is 3. The number of benzene rings is 2. The van der Waals surface area contributed by atoms with Gasteiger partial charge in [-0.3, -0.25) is 4.55 Å². The first kappa shape index (κ1) is 14.6. The summed E-state index contributed by atoms with van der Waals surface area (Å²) in [4.78, 5) is 11.4. The van der Waals surface area contributed by atoms with Crippen LogP contribution in [0.15, 0.2) is 48.5 Å². The van der Waals surface area contributed by atoms with Crippen molar-refractivity contribution >= 4 is 16.4 Å². The first-order chi connectivity index (χ1) is 10.5. The number of carbonyl (C=O) groups is 1. The second-order valence-electron chi connectivity index (χ2n) is 4.90. The summed E-state index contributed by atoms with van der Waals surface area (Å²) in [5.41, 5.74) is 4.18. The molecule has 0 aliphatic heterocycles. The highest BCUT2D eigenvalue weighted by Crippen LogP contribution is 2.44. The minimum atomic E-state index is -4.61. The van der Waals surface area contributed by atoms with Crippen LogP contribution in [0.25, 0.3) is 11.1 Å². The van der Waals surface area contributed by atoms with Gasteiger partial charge in [-0.1, -0.05) is 48.5 Å². The third-order valence-electron chi connectivity index (χ3n) is 3.56. The van der Waals surface area contributed by atoms with Gasteiger partial charge in [-0.15, -0.1) is 0 Å². The van der Waals surface area contributed by atoms with E-state index in [1.807, 2.05) is 48.5 Å². The largest absolute Gasteiger partial charge is 0.448 e. The van der Waals surface area contributed by atoms with E-state index >= 15 is 0 Å². The van der Waals surface area contributed by atoms with Gasteiger partial charge in [0.1, 0.15) is 6.61 Å². The Morgan fingerprint density at radius 1 is 1.05 bits per heavy atom. The van der Waals surface area contributed by atoms with Gasteiger partial charge in [0.15, 0.2) is 0 Å². The van der Waals surface area contributed by atoms with E-state index in [9.17, 15) is 13.2 Å². The van der Waals surface area contributed by atoms with Crippen molar-refractivity contribution in [1.29, 1.82) is 0 Å². The zero-order valence-electron chi connectivity index (χ0n) is 11.4. The van der Waals surface area contributed by atoms with E-state index in [1.54, 1.807) is 0 Å². The Hall–Kier alpha value is -2.38. The quantitative estimate of drug-likeness (QED) is 0.847. The van der Waals surface area contributed by atoms with E-state index in [2.05, 4.69) is 0 Å². The molecule has 2 N–H and O–H groups in total. The molecule has 1 amide bonds. The summed E-state index contributed by atoms with van der Waals surface area (Å²) in [5, 5.41) is 0. The van der Waals surface area contributed by atoms with Gasteiger partial charge in [0, 0.05) is 5.92 Å². The zero-order valence-corrected chi connectivity index (χ0v) is 12.2. The van der Waals surface area contributed by atoms with Crippen LogP contribution in [-0.4, -0.2) is 25.7 Å². The third-order valence-corrected chi connectivity index (χ3v) is 3.98. The molecule has 1 aliphatic carbocycles. The van der Waals surface area contributed by atoms with Crippen LogP contribution in [0.3, 0.4) is 0 Å². The standard InChI is InChI=1S/C15H13NO5S/c17-15(16-22(18,19)20)21-9-14-12-7-3-1-5-10(12)11-6-2-4-8-13(11)14/h1-8,14H,9H2,(H,16,17)(H,18,19,20). The predicted octanol–water partition coefficient (Wildman–Crippen LogP) is 2.33. The maximum absolute atomic E-state index is 11.4. The van der Waals surface area contributed by atoms with Gasteiger partial charge in [0.2, 0.25) is 0 Å². The number of nitrogens with one attached hydrogen (secondary N) is 1. The van der Waals surface area contributed by atoms with Crippen LogP contribution >= 0.6 is 0 Å². The van der Waals surface area contributed by atoms with Gasteiger partial charge in [0.05, 0.1) is 0 Å². The predicted molar refractivity (Wildman–Crippen MR) is 79.8 cm³/mol. The van der Waals surface area contributed by atoms with Crippen molar-refractivity contribution in [3.63, 3.8) is 0 Å². The van der Waals surface area contributed by atoms with Gasteiger partial charge >= 0.3 is 16.4 Å². The molecule has 7 heteroatoms. The molecule has 0 aromatic heterocycles. The molecular formula is C15H13NO5S. The normalized spacial score (nSPS) is 13.3. The summed E-state index contributed by atoms with van der Waals surface area (Å²) < 4.78 is 36.0. The molecule has 2 aromatic carbocycles. The third kappa shape index (κ3) is 2.81. The second kappa shape index (κ2) is 5.43. The highest BCUT2D eigenvalue weighted by Gasteiger charge is 2.29. The van der Waals surface area contributed by atoms with Crippen LogP contribution in [-0.2, 0) is 15.0 Å². The van der Waals surface area contributed by atoms with E-state index in [0.717, 1.165) is 22.3 Å². The van der Waals surface area contributed by atoms with Gasteiger partial charge < -0.3 is 4.74 Å². The average Bonchev–Trinajstić information content (AvgIpc) is 2.78. The minimum Gasteiger partial charge on any atom is -0.448 e. The Labute approximate surface area is 127 Å². The van der Waals surface area contributed by atoms with Gasteiger partial charge in [-0.2, -0.15) is 13.1 Å². The van der Waals surface area contributed by atoms with Gasteiger partial charge in [0.25, 0.3) is 0 Å². The second-order valence-corrected chi connectivity index (χ2v) is 6.06. The van der Waals surface area contributed by atoms with Crippen molar-refractivity contribution < 1.29 is 22.5 Å². The fourth-order valence-electron chi connectivity index (χ4n) is 2.73. The van der Waals surface area contributed by atoms with Crippen molar-refractivity contribution in [2.75, 3.05) is 6.61 Å². The van der Waals surface area contributed by atoms with E-state index in [1.165, 1.54) is 4.72 Å². The molecule has 0 spiro atoms. The summed E-state index contributed by atoms with van der Waals surface area (Å²) in [6.07, 6.45) is -1.20. The smallest absolute Gasteiger partial charge is 0.422 e. The number of carbonyl (C=O) groups excluding carboxylic acids is 1. The van der Waals surface area contributed by atoms with E-state index in [-0.39, 0.29) is 12.5 Å². The molecule has 1 aliphatic rings. The summed E-state index contributed by atoms with van der Waals surface area (Å²) in [5.74, 6) is -0.167. The molecule has 0 atom stereocenters. The van der Waals surface area contributed by atoms with Crippen molar-refractivity contribution in [1.82, 2.24) is 4.72 Å². The monoisotopic (exact) mass is 319 g/mol. The number of fused-ring (bicyclic) bond motifs is 3. The highest BCUT2D eigenvalue weighted by molar-refractivity contribution is 7.84. The maximum Gasteiger partial charge on any atom is 0.422 e. The lowest BCUT2D eigenvalue weighted by Crippen LogP contribution is -2.31. The molecule has 6 nitrogen and oxygen atoms in total. The topological polar surface area (TPSA) is 92.7 Å². The molecule has 22 heavy (non-hydrogen) atoms. The van der Waals surface area contributed by atoms with Crippen LogP contribution in [0.2, 0.25) is 0 Å². The van der Waals surface area contributed by atoms with E-state index < -0.39 is 16.4 Å². The lowest BCUT2D eigenvalue weighted by Gasteiger charge is -2.13. The van der Waals surface area contributed by atoms with Crippen LogP contribution in [0, 0.1) is 0 Å². The fraction of sp³-hybridized carbons (Fsp3) is 0.133. The van der Waals surface area contributed by atoms with Crippen molar-refractivity contribution in [3.05, 3.63) is 59.7 Å². The Balaban J connectivity index is 1.84. The maximum atomic E-state index is 11.4. The molecule has 114 valence electrons. The molecule has 0 fully saturated rings. The van der Waals surface area contributed by atoms with Crippen LogP contribution in [0.4, 0.5) is 4.79 Å². The summed E-state index contributed by atoms with van der Waals surface area (Å²) in [6.45, 7) is -0.0185. The van der Waals surface area contributed by atoms with Crippen molar-refractivity contribution in [3.8, 4) is 11.1 Å². The lowest BCUT2D eigenvalue weighted by molar-refractivity contribution is 0.148. The number of hydrogen-bond donors (Lipinski definition) is 2. The summed E-state index contributed by atoms with van der Waals surface area (Å²) in [6, 6.07) is 15.5. The Bertz CT molecular complexity index is 786. The zero-order chi connectivity index (χ0) is 15.7. The summed E-state index contributed by atoms with van der Waals surface area (Å²) in [7, 11) is -4.61. The van der Waals surface area contributed by atoms with E-state index in [4.69, 9.17) is 9.29 Å². The molecule has 0 unspecified atom stereocenters. The van der Waals surface area contributed by atoms with Crippen LogP contribution < -0.4 is 4.72 Å². The average molecular weight is 319 g/mol. The van der Waals surface area contributed by atoms with Gasteiger partial charge in [-0.05, 0) is 22.3 Å². The van der Waals surface area contributed by atoms with Gasteiger partial charge in [-0.25, -0.2) is 4.79 Å². The summed E-state index contributed by atoms with van der Waals surface area (Å²) >= 11 is 0. The highest BCUT2D eigenvalue weighted by atomic mass is 32.2. The molecule has 3 rings (SSSR count). The minimum absolute atomic E-state index is 0.0185. The lowest BCUT2D eigenvalue weighted by atomic mass is 9.98. The van der Waals surface area contributed by atoms with Crippen molar-refractivity contribution in [2.24, 2.45) is 0 Å². The van der Waals surface area contributed by atoms with Crippen LogP contribution in [0.5, 0.6) is 0 Å². The van der Waals surface area contributed by atoms with Crippen molar-refractivity contribution in [2.45, 2.75) is 5.92 Å². The molecule has 0 saturated heterocycles. The molecule has 0 saturated carbocycles. The number of hydrogen-bond acceptors (Lipinski definition) is 4. The first-order valence-corrected chi connectivity index (χ1v) is 8.00. The van der Waals surface area contributed by atoms with E-state index in [0.29, 0.717) is 0 Å². The SMILES string of the molecule is O=C(NS(=O)(=O)O)OCC1c2ccccc2-c2ccccc21. The number of ether oxygens (including phenoxy) is 1. The Kier molecular flexibility index (Phi) is 3.59. The molecule has 0 bridgehead atoms. The number of amides is 1. The Morgan fingerprint density at radius 2 is 1.55 bits per heavy atom.